The van der Waals surface area contributed by atoms with Gasteiger partial charge < -0.3 is 10.1 Å². The Morgan fingerprint density at radius 3 is 2.83 bits per heavy atom. The third kappa shape index (κ3) is 4.41. The summed E-state index contributed by atoms with van der Waals surface area (Å²) in [6, 6.07) is 6.34. The molecule has 2 fully saturated rings. The number of ether oxygens (including phenoxy) is 1. The van der Waals surface area contributed by atoms with E-state index in [4.69, 9.17) is 4.74 Å². The minimum absolute atomic E-state index is 0.0868. The van der Waals surface area contributed by atoms with Crippen molar-refractivity contribution in [3.8, 4) is 5.75 Å². The molecule has 4 atom stereocenters. The monoisotopic (exact) mass is 407 g/mol. The first-order chi connectivity index (χ1) is 13.8. The number of hydrogen-bond acceptors (Lipinski definition) is 3. The van der Waals surface area contributed by atoms with Gasteiger partial charge in [-0.05, 0) is 68.2 Å². The first-order valence-corrected chi connectivity index (χ1v) is 9.94. The molecule has 2 bridgehead atoms. The summed E-state index contributed by atoms with van der Waals surface area (Å²) in [5, 5.41) is 7.24. The molecule has 2 aliphatic rings. The molecule has 1 N–H and O–H groups in total. The van der Waals surface area contributed by atoms with Gasteiger partial charge in [-0.25, -0.2) is 4.68 Å². The third-order valence-electron chi connectivity index (χ3n) is 6.19. The molecule has 1 amide bonds. The van der Waals surface area contributed by atoms with Gasteiger partial charge in [-0.3, -0.25) is 4.79 Å². The lowest BCUT2D eigenvalue weighted by Gasteiger charge is -2.28. The van der Waals surface area contributed by atoms with E-state index < -0.39 is 11.7 Å². The van der Waals surface area contributed by atoms with Crippen molar-refractivity contribution in [3.05, 3.63) is 47.8 Å². The van der Waals surface area contributed by atoms with Crippen LogP contribution in [-0.2, 0) is 12.9 Å². The van der Waals surface area contributed by atoms with Gasteiger partial charge in [0.05, 0.1) is 5.56 Å². The van der Waals surface area contributed by atoms with Crippen LogP contribution in [0.3, 0.4) is 0 Å². The van der Waals surface area contributed by atoms with Crippen molar-refractivity contribution in [2.24, 2.45) is 17.8 Å². The first-order valence-electron chi connectivity index (χ1n) is 9.94. The van der Waals surface area contributed by atoms with Crippen LogP contribution in [-0.4, -0.2) is 21.7 Å². The van der Waals surface area contributed by atoms with Gasteiger partial charge in [0, 0.05) is 12.2 Å². The Morgan fingerprint density at radius 1 is 1.31 bits per heavy atom. The first kappa shape index (κ1) is 19.8. The van der Waals surface area contributed by atoms with E-state index in [0.717, 1.165) is 18.1 Å². The molecule has 0 radical (unpaired) electrons. The van der Waals surface area contributed by atoms with Crippen LogP contribution in [0.4, 0.5) is 13.2 Å². The van der Waals surface area contributed by atoms with Crippen molar-refractivity contribution in [3.63, 3.8) is 0 Å². The maximum atomic E-state index is 12.8. The standard InChI is InChI=1S/C21H24F3N3O2/c1-13(18-10-14-5-6-15(18)9-14)25-20(28)19-7-8-27(26-19)12-29-17-4-2-3-16(11-17)21(22,23)24/h2-4,7-8,11,13-15,18H,5-6,9-10,12H2,1H3,(H,25,28). The summed E-state index contributed by atoms with van der Waals surface area (Å²) in [6.45, 7) is 1.97. The molecule has 0 saturated heterocycles. The number of aromatic nitrogens is 2. The van der Waals surface area contributed by atoms with Crippen molar-refractivity contribution >= 4 is 5.91 Å². The van der Waals surface area contributed by atoms with Gasteiger partial charge in [-0.2, -0.15) is 18.3 Å². The molecule has 0 aliphatic heterocycles. The largest absolute Gasteiger partial charge is 0.471 e. The van der Waals surface area contributed by atoms with Crippen molar-refractivity contribution in [2.45, 2.75) is 51.6 Å². The van der Waals surface area contributed by atoms with Gasteiger partial charge in [-0.15, -0.1) is 0 Å². The van der Waals surface area contributed by atoms with Crippen LogP contribution in [0.15, 0.2) is 36.5 Å². The number of carbonyl (C=O) groups excluding carboxylic acids is 1. The lowest BCUT2D eigenvalue weighted by atomic mass is 9.84. The molecular formula is C21H24F3N3O2. The van der Waals surface area contributed by atoms with Gasteiger partial charge in [0.1, 0.15) is 11.4 Å². The molecule has 2 aromatic rings. The topological polar surface area (TPSA) is 56.2 Å². The summed E-state index contributed by atoms with van der Waals surface area (Å²) in [5.74, 6) is 1.92. The van der Waals surface area contributed by atoms with Gasteiger partial charge in [0.25, 0.3) is 5.91 Å². The number of carbonyl (C=O) groups is 1. The van der Waals surface area contributed by atoms with E-state index in [9.17, 15) is 18.0 Å². The molecule has 156 valence electrons. The second kappa shape index (κ2) is 7.72. The molecule has 4 unspecified atom stereocenters. The average molecular weight is 407 g/mol. The lowest BCUT2D eigenvalue weighted by molar-refractivity contribution is -0.137. The number of amides is 1. The smallest absolute Gasteiger partial charge is 0.416 e. The van der Waals surface area contributed by atoms with Crippen molar-refractivity contribution in [2.75, 3.05) is 0 Å². The Morgan fingerprint density at radius 2 is 2.14 bits per heavy atom. The molecule has 1 heterocycles. The zero-order valence-corrected chi connectivity index (χ0v) is 16.2. The van der Waals surface area contributed by atoms with E-state index in [1.165, 1.54) is 42.5 Å². The van der Waals surface area contributed by atoms with Crippen molar-refractivity contribution in [1.82, 2.24) is 15.1 Å². The highest BCUT2D eigenvalue weighted by molar-refractivity contribution is 5.92. The Kier molecular flexibility index (Phi) is 5.27. The van der Waals surface area contributed by atoms with E-state index in [2.05, 4.69) is 17.3 Å². The Labute approximate surface area is 167 Å². The number of halogens is 3. The Bertz CT molecular complexity index is 880. The summed E-state index contributed by atoms with van der Waals surface area (Å²) < 4.78 is 45.1. The zero-order valence-electron chi connectivity index (χ0n) is 16.2. The normalized spacial score (nSPS) is 24.5. The molecule has 2 aliphatic carbocycles. The Hall–Kier alpha value is -2.51. The molecule has 4 rings (SSSR count). The fourth-order valence-electron chi connectivity index (χ4n) is 4.75. The van der Waals surface area contributed by atoms with Crippen LogP contribution in [0.1, 0.15) is 48.7 Å². The number of alkyl halides is 3. The summed E-state index contributed by atoms with van der Waals surface area (Å²) in [6.07, 6.45) is 2.20. The number of nitrogens with one attached hydrogen (secondary N) is 1. The second-order valence-corrected chi connectivity index (χ2v) is 8.14. The van der Waals surface area contributed by atoms with E-state index in [0.29, 0.717) is 11.8 Å². The highest BCUT2D eigenvalue weighted by Gasteiger charge is 2.42. The van der Waals surface area contributed by atoms with Crippen LogP contribution in [0.25, 0.3) is 0 Å². The number of rotatable bonds is 6. The van der Waals surface area contributed by atoms with Gasteiger partial charge in [0.2, 0.25) is 0 Å². The highest BCUT2D eigenvalue weighted by atomic mass is 19.4. The predicted octanol–water partition coefficient (Wildman–Crippen LogP) is 4.49. The quantitative estimate of drug-likeness (QED) is 0.768. The van der Waals surface area contributed by atoms with Crippen LogP contribution in [0, 0.1) is 17.8 Å². The molecule has 29 heavy (non-hydrogen) atoms. The number of hydrogen-bond donors (Lipinski definition) is 1. The SMILES string of the molecule is CC(NC(=O)c1ccn(COc2cccc(C(F)(F)F)c2)n1)C1CC2CCC1C2. The summed E-state index contributed by atoms with van der Waals surface area (Å²) >= 11 is 0. The molecule has 5 nitrogen and oxygen atoms in total. The van der Waals surface area contributed by atoms with Crippen LogP contribution >= 0.6 is 0 Å². The van der Waals surface area contributed by atoms with E-state index in [1.807, 2.05) is 0 Å². The van der Waals surface area contributed by atoms with Gasteiger partial charge in [0.15, 0.2) is 6.73 Å². The van der Waals surface area contributed by atoms with E-state index >= 15 is 0 Å². The minimum atomic E-state index is -4.42. The average Bonchev–Trinajstić information content (AvgIpc) is 3.42. The van der Waals surface area contributed by atoms with Crippen LogP contribution in [0.2, 0.25) is 0 Å². The van der Waals surface area contributed by atoms with Gasteiger partial charge in [-0.1, -0.05) is 12.5 Å². The maximum absolute atomic E-state index is 12.8. The number of benzene rings is 1. The maximum Gasteiger partial charge on any atom is 0.416 e. The van der Waals surface area contributed by atoms with Crippen molar-refractivity contribution < 1.29 is 22.7 Å². The van der Waals surface area contributed by atoms with E-state index in [-0.39, 0.29) is 30.1 Å². The molecular weight excluding hydrogens is 383 g/mol. The second-order valence-electron chi connectivity index (χ2n) is 8.14. The molecule has 2 saturated carbocycles. The number of nitrogens with zero attached hydrogens (tertiary/aromatic N) is 2. The molecule has 0 spiro atoms. The fraction of sp³-hybridized carbons (Fsp3) is 0.524. The lowest BCUT2D eigenvalue weighted by Crippen LogP contribution is -2.40. The molecule has 1 aromatic carbocycles. The molecule has 1 aromatic heterocycles. The third-order valence-corrected chi connectivity index (χ3v) is 6.19. The van der Waals surface area contributed by atoms with Crippen molar-refractivity contribution in [1.29, 1.82) is 0 Å². The molecule has 8 heteroatoms. The zero-order chi connectivity index (χ0) is 20.6. The van der Waals surface area contributed by atoms with Gasteiger partial charge >= 0.3 is 6.18 Å². The minimum Gasteiger partial charge on any atom is -0.471 e. The van der Waals surface area contributed by atoms with Crippen LogP contribution < -0.4 is 10.1 Å². The van der Waals surface area contributed by atoms with E-state index in [1.54, 1.807) is 12.3 Å². The summed E-state index contributed by atoms with van der Waals surface area (Å²) in [5.41, 5.74) is -0.502. The highest BCUT2D eigenvalue weighted by Crippen LogP contribution is 2.49. The number of fused-ring (bicyclic) bond motifs is 2. The predicted molar refractivity (Wildman–Crippen MR) is 100 cm³/mol. The fourth-order valence-corrected chi connectivity index (χ4v) is 4.75. The summed E-state index contributed by atoms with van der Waals surface area (Å²) in [4.78, 5) is 12.5. The Balaban J connectivity index is 1.32. The van der Waals surface area contributed by atoms with Crippen LogP contribution in [0.5, 0.6) is 5.75 Å². The summed E-state index contributed by atoms with van der Waals surface area (Å²) in [7, 11) is 0.